The molecule has 106 valence electrons. The van der Waals surface area contributed by atoms with Gasteiger partial charge in [-0.25, -0.2) is 0 Å². The van der Waals surface area contributed by atoms with Crippen LogP contribution in [0.15, 0.2) is 23.2 Å². The minimum Gasteiger partial charge on any atom is -0.469 e. The lowest BCUT2D eigenvalue weighted by molar-refractivity contribution is -0.140. The molecule has 0 aliphatic heterocycles. The molecule has 6 heteroatoms. The molecule has 0 fully saturated rings. The van der Waals surface area contributed by atoms with Gasteiger partial charge in [-0.2, -0.15) is 4.99 Å². The number of carbonyl (C=O) groups is 2. The van der Waals surface area contributed by atoms with Gasteiger partial charge in [-0.3, -0.25) is 9.59 Å². The summed E-state index contributed by atoms with van der Waals surface area (Å²) < 4.78 is 7.59. The summed E-state index contributed by atoms with van der Waals surface area (Å²) in [5.41, 5.74) is 2.12. The zero-order chi connectivity index (χ0) is 14.7. The SMILES string of the molecule is COC(=O)CCn1c(=NC(C)=O)sc2cc(C)ccc21. The van der Waals surface area contributed by atoms with Gasteiger partial charge in [0.1, 0.15) is 0 Å². The molecule has 0 saturated carbocycles. The summed E-state index contributed by atoms with van der Waals surface area (Å²) in [6, 6.07) is 6.03. The highest BCUT2D eigenvalue weighted by Gasteiger charge is 2.09. The van der Waals surface area contributed by atoms with Crippen LogP contribution >= 0.6 is 11.3 Å². The van der Waals surface area contributed by atoms with Crippen LogP contribution in [0.2, 0.25) is 0 Å². The molecule has 0 bridgehead atoms. The Hall–Kier alpha value is -1.95. The predicted octanol–water partition coefficient (Wildman–Crippen LogP) is 2.02. The predicted molar refractivity (Wildman–Crippen MR) is 77.4 cm³/mol. The van der Waals surface area contributed by atoms with Crippen molar-refractivity contribution in [3.8, 4) is 0 Å². The molecule has 0 saturated heterocycles. The molecule has 2 rings (SSSR count). The molecule has 1 aromatic carbocycles. The number of benzene rings is 1. The maximum absolute atomic E-state index is 11.3. The van der Waals surface area contributed by atoms with Crippen molar-refractivity contribution in [3.05, 3.63) is 28.6 Å². The molecule has 0 radical (unpaired) electrons. The second-order valence-electron chi connectivity index (χ2n) is 4.46. The number of ether oxygens (including phenoxy) is 1. The molecular formula is C14H16N2O3S. The first-order chi connectivity index (χ1) is 9.51. The topological polar surface area (TPSA) is 60.7 Å². The Morgan fingerprint density at radius 3 is 2.80 bits per heavy atom. The number of aromatic nitrogens is 1. The third kappa shape index (κ3) is 3.14. The van der Waals surface area contributed by atoms with Crippen molar-refractivity contribution in [2.45, 2.75) is 26.8 Å². The lowest BCUT2D eigenvalue weighted by Gasteiger charge is -2.04. The average Bonchev–Trinajstić information content (AvgIpc) is 2.71. The van der Waals surface area contributed by atoms with Crippen molar-refractivity contribution in [2.24, 2.45) is 4.99 Å². The van der Waals surface area contributed by atoms with Crippen LogP contribution < -0.4 is 4.80 Å². The van der Waals surface area contributed by atoms with Crippen molar-refractivity contribution in [3.63, 3.8) is 0 Å². The summed E-state index contributed by atoms with van der Waals surface area (Å²) in [5, 5.41) is 0. The summed E-state index contributed by atoms with van der Waals surface area (Å²) in [6.45, 7) is 3.88. The largest absolute Gasteiger partial charge is 0.469 e. The first kappa shape index (κ1) is 14.5. The first-order valence-corrected chi connectivity index (χ1v) is 7.05. The van der Waals surface area contributed by atoms with Gasteiger partial charge in [0.15, 0.2) is 4.80 Å². The number of aryl methyl sites for hydroxylation is 2. The Balaban J connectivity index is 2.53. The quantitative estimate of drug-likeness (QED) is 0.813. The van der Waals surface area contributed by atoms with Gasteiger partial charge < -0.3 is 9.30 Å². The highest BCUT2D eigenvalue weighted by Crippen LogP contribution is 2.19. The van der Waals surface area contributed by atoms with Crippen LogP contribution in [0.4, 0.5) is 0 Å². The molecule has 0 spiro atoms. The van der Waals surface area contributed by atoms with E-state index in [1.165, 1.54) is 25.4 Å². The molecule has 0 N–H and O–H groups in total. The fourth-order valence-corrected chi connectivity index (χ4v) is 3.12. The Kier molecular flexibility index (Phi) is 4.34. The lowest BCUT2D eigenvalue weighted by atomic mass is 10.2. The highest BCUT2D eigenvalue weighted by molar-refractivity contribution is 7.16. The van der Waals surface area contributed by atoms with Gasteiger partial charge in [-0.05, 0) is 24.6 Å². The summed E-state index contributed by atoms with van der Waals surface area (Å²) in [5.74, 6) is -0.530. The van der Waals surface area contributed by atoms with Crippen molar-refractivity contribution in [1.82, 2.24) is 4.57 Å². The molecule has 0 aliphatic carbocycles. The number of thiazole rings is 1. The van der Waals surface area contributed by atoms with Crippen molar-refractivity contribution in [1.29, 1.82) is 0 Å². The number of hydrogen-bond donors (Lipinski definition) is 0. The maximum Gasteiger partial charge on any atom is 0.307 e. The number of carbonyl (C=O) groups excluding carboxylic acids is 2. The maximum atomic E-state index is 11.3. The number of nitrogens with zero attached hydrogens (tertiary/aromatic N) is 2. The van der Waals surface area contributed by atoms with Gasteiger partial charge in [-0.1, -0.05) is 17.4 Å². The molecule has 1 amide bonds. The molecule has 0 atom stereocenters. The molecule has 20 heavy (non-hydrogen) atoms. The summed E-state index contributed by atoms with van der Waals surface area (Å²) in [6.07, 6.45) is 0.251. The zero-order valence-corrected chi connectivity index (χ0v) is 12.5. The lowest BCUT2D eigenvalue weighted by Crippen LogP contribution is -2.18. The number of fused-ring (bicyclic) bond motifs is 1. The van der Waals surface area contributed by atoms with Crippen LogP contribution in [0.3, 0.4) is 0 Å². The molecular weight excluding hydrogens is 276 g/mol. The number of esters is 1. The average molecular weight is 292 g/mol. The summed E-state index contributed by atoms with van der Waals surface area (Å²) in [4.78, 5) is 27.2. The Morgan fingerprint density at radius 1 is 1.40 bits per heavy atom. The zero-order valence-electron chi connectivity index (χ0n) is 11.7. The van der Waals surface area contributed by atoms with E-state index in [4.69, 9.17) is 0 Å². The van der Waals surface area contributed by atoms with Gasteiger partial charge in [0, 0.05) is 13.5 Å². The second kappa shape index (κ2) is 6.00. The number of rotatable bonds is 3. The van der Waals surface area contributed by atoms with E-state index in [0.717, 1.165) is 15.8 Å². The van der Waals surface area contributed by atoms with Gasteiger partial charge in [0.2, 0.25) is 5.91 Å². The standard InChI is InChI=1S/C14H16N2O3S/c1-9-4-5-11-12(8-9)20-14(15-10(2)17)16(11)7-6-13(18)19-3/h4-5,8H,6-7H2,1-3H3. The Labute approximate surface area is 120 Å². The Bertz CT molecular complexity index is 728. The summed E-state index contributed by atoms with van der Waals surface area (Å²) >= 11 is 1.45. The fraction of sp³-hybridized carbons (Fsp3) is 0.357. The normalized spacial score (nSPS) is 11.8. The van der Waals surface area contributed by atoms with Crippen LogP contribution in [0, 0.1) is 6.92 Å². The minimum absolute atomic E-state index is 0.250. The van der Waals surface area contributed by atoms with E-state index in [9.17, 15) is 9.59 Å². The van der Waals surface area contributed by atoms with Crippen LogP contribution in [0.5, 0.6) is 0 Å². The number of amides is 1. The van der Waals surface area contributed by atoms with Crippen LogP contribution in [0.25, 0.3) is 10.2 Å². The monoisotopic (exact) mass is 292 g/mol. The molecule has 2 aromatic rings. The third-order valence-corrected chi connectivity index (χ3v) is 3.90. The summed E-state index contributed by atoms with van der Waals surface area (Å²) in [7, 11) is 1.36. The van der Waals surface area contributed by atoms with Crippen molar-refractivity contribution < 1.29 is 14.3 Å². The van der Waals surface area contributed by atoms with E-state index >= 15 is 0 Å². The van der Waals surface area contributed by atoms with E-state index in [1.807, 2.05) is 29.7 Å². The van der Waals surface area contributed by atoms with E-state index in [0.29, 0.717) is 11.3 Å². The molecule has 0 unspecified atom stereocenters. The van der Waals surface area contributed by atoms with E-state index in [-0.39, 0.29) is 18.3 Å². The molecule has 1 heterocycles. The Morgan fingerprint density at radius 2 is 2.15 bits per heavy atom. The van der Waals surface area contributed by atoms with E-state index < -0.39 is 0 Å². The van der Waals surface area contributed by atoms with Crippen LogP contribution in [-0.2, 0) is 20.9 Å². The third-order valence-electron chi connectivity index (χ3n) is 2.86. The number of methoxy groups -OCH3 is 1. The van der Waals surface area contributed by atoms with Gasteiger partial charge in [0.05, 0.1) is 23.7 Å². The van der Waals surface area contributed by atoms with Crippen LogP contribution in [0.1, 0.15) is 18.9 Å². The van der Waals surface area contributed by atoms with Crippen molar-refractivity contribution >= 4 is 33.4 Å². The minimum atomic E-state index is -0.280. The van der Waals surface area contributed by atoms with Crippen LogP contribution in [-0.4, -0.2) is 23.6 Å². The molecule has 5 nitrogen and oxygen atoms in total. The van der Waals surface area contributed by atoms with E-state index in [1.54, 1.807) is 0 Å². The van der Waals surface area contributed by atoms with Gasteiger partial charge in [-0.15, -0.1) is 0 Å². The van der Waals surface area contributed by atoms with Crippen molar-refractivity contribution in [2.75, 3.05) is 7.11 Å². The first-order valence-electron chi connectivity index (χ1n) is 6.23. The van der Waals surface area contributed by atoms with Gasteiger partial charge >= 0.3 is 5.97 Å². The highest BCUT2D eigenvalue weighted by atomic mass is 32.1. The number of hydrogen-bond acceptors (Lipinski definition) is 4. The van der Waals surface area contributed by atoms with E-state index in [2.05, 4.69) is 9.73 Å². The molecule has 1 aromatic heterocycles. The van der Waals surface area contributed by atoms with Gasteiger partial charge in [0.25, 0.3) is 0 Å². The smallest absolute Gasteiger partial charge is 0.307 e. The second-order valence-corrected chi connectivity index (χ2v) is 5.47. The molecule has 0 aliphatic rings. The fourth-order valence-electron chi connectivity index (χ4n) is 1.92.